The van der Waals surface area contributed by atoms with E-state index in [9.17, 15) is 13.6 Å². The molecule has 0 spiro atoms. The summed E-state index contributed by atoms with van der Waals surface area (Å²) in [4.78, 5) is 10.9. The fraction of sp³-hybridized carbons (Fsp3) is 0.625. The maximum absolute atomic E-state index is 11.8. The van der Waals surface area contributed by atoms with Crippen molar-refractivity contribution in [3.05, 3.63) is 11.6 Å². The number of halogens is 2. The van der Waals surface area contributed by atoms with Gasteiger partial charge in [0.1, 0.15) is 0 Å². The standard InChI is InChI=1S/C8H12F2O2/c1-3-6(5-7(9)10)8(11)12-4-2/h5,7H,3-4H2,1-2H3/b6-5-. The van der Waals surface area contributed by atoms with E-state index < -0.39 is 12.4 Å². The summed E-state index contributed by atoms with van der Waals surface area (Å²) >= 11 is 0. The van der Waals surface area contributed by atoms with Crippen LogP contribution < -0.4 is 0 Å². The highest BCUT2D eigenvalue weighted by molar-refractivity contribution is 5.88. The molecule has 0 heterocycles. The number of carbonyl (C=O) groups is 1. The third-order valence-electron chi connectivity index (χ3n) is 1.25. The van der Waals surface area contributed by atoms with E-state index in [1.807, 2.05) is 0 Å². The molecule has 12 heavy (non-hydrogen) atoms. The Morgan fingerprint density at radius 2 is 2.08 bits per heavy atom. The van der Waals surface area contributed by atoms with E-state index >= 15 is 0 Å². The van der Waals surface area contributed by atoms with E-state index in [2.05, 4.69) is 4.74 Å². The topological polar surface area (TPSA) is 26.3 Å². The van der Waals surface area contributed by atoms with Crippen molar-refractivity contribution in [2.75, 3.05) is 6.61 Å². The summed E-state index contributed by atoms with van der Waals surface area (Å²) in [6, 6.07) is 0. The third kappa shape index (κ3) is 4.05. The number of allylic oxidation sites excluding steroid dienone is 1. The number of rotatable bonds is 4. The summed E-state index contributed by atoms with van der Waals surface area (Å²) in [5.74, 6) is -0.653. The smallest absolute Gasteiger partial charge is 0.333 e. The second-order valence-corrected chi connectivity index (χ2v) is 2.10. The summed E-state index contributed by atoms with van der Waals surface area (Å²) in [6.07, 6.45) is -1.70. The number of esters is 1. The van der Waals surface area contributed by atoms with E-state index in [4.69, 9.17) is 0 Å². The van der Waals surface area contributed by atoms with Crippen molar-refractivity contribution in [2.45, 2.75) is 26.7 Å². The monoisotopic (exact) mass is 178 g/mol. The predicted molar refractivity (Wildman–Crippen MR) is 41.0 cm³/mol. The number of alkyl halides is 2. The number of carbonyl (C=O) groups excluding carboxylic acids is 1. The number of hydrogen-bond acceptors (Lipinski definition) is 2. The maximum Gasteiger partial charge on any atom is 0.333 e. The zero-order valence-corrected chi connectivity index (χ0v) is 7.14. The molecule has 0 saturated carbocycles. The van der Waals surface area contributed by atoms with Crippen molar-refractivity contribution in [3.63, 3.8) is 0 Å². The van der Waals surface area contributed by atoms with Crippen LogP contribution in [-0.2, 0) is 9.53 Å². The van der Waals surface area contributed by atoms with Crippen LogP contribution in [0.15, 0.2) is 11.6 Å². The average molecular weight is 178 g/mol. The van der Waals surface area contributed by atoms with E-state index in [-0.39, 0.29) is 18.6 Å². The van der Waals surface area contributed by atoms with Crippen LogP contribution in [0.4, 0.5) is 8.78 Å². The van der Waals surface area contributed by atoms with Crippen LogP contribution in [0.1, 0.15) is 20.3 Å². The van der Waals surface area contributed by atoms with Gasteiger partial charge in [0.2, 0.25) is 0 Å². The van der Waals surface area contributed by atoms with E-state index in [1.54, 1.807) is 13.8 Å². The van der Waals surface area contributed by atoms with Crippen molar-refractivity contribution in [1.29, 1.82) is 0 Å². The second-order valence-electron chi connectivity index (χ2n) is 2.10. The van der Waals surface area contributed by atoms with Crippen molar-refractivity contribution in [1.82, 2.24) is 0 Å². The van der Waals surface area contributed by atoms with Gasteiger partial charge >= 0.3 is 5.97 Å². The average Bonchev–Trinajstić information content (AvgIpc) is 2.00. The molecule has 0 atom stereocenters. The summed E-state index contributed by atoms with van der Waals surface area (Å²) in [5.41, 5.74) is 0.0341. The maximum atomic E-state index is 11.8. The highest BCUT2D eigenvalue weighted by Gasteiger charge is 2.10. The van der Waals surface area contributed by atoms with Gasteiger partial charge in [-0.25, -0.2) is 13.6 Å². The molecule has 4 heteroatoms. The molecule has 0 N–H and O–H groups in total. The lowest BCUT2D eigenvalue weighted by Gasteiger charge is -2.03. The Balaban J connectivity index is 4.23. The molecular weight excluding hydrogens is 166 g/mol. The highest BCUT2D eigenvalue weighted by atomic mass is 19.3. The first-order valence-corrected chi connectivity index (χ1v) is 3.77. The van der Waals surface area contributed by atoms with Crippen LogP contribution in [-0.4, -0.2) is 19.0 Å². The highest BCUT2D eigenvalue weighted by Crippen LogP contribution is 2.07. The van der Waals surface area contributed by atoms with Gasteiger partial charge in [-0.2, -0.15) is 0 Å². The summed E-state index contributed by atoms with van der Waals surface area (Å²) in [6.45, 7) is 3.47. The number of hydrogen-bond donors (Lipinski definition) is 0. The molecule has 70 valence electrons. The van der Waals surface area contributed by atoms with Gasteiger partial charge in [-0.05, 0) is 19.4 Å². The van der Waals surface area contributed by atoms with Crippen LogP contribution in [0.5, 0.6) is 0 Å². The molecule has 0 amide bonds. The zero-order valence-electron chi connectivity index (χ0n) is 7.14. The Labute approximate surface area is 70.2 Å². The predicted octanol–water partition coefficient (Wildman–Crippen LogP) is 2.15. The first kappa shape index (κ1) is 11.1. The SMILES string of the molecule is CCOC(=O)/C(=C\C(F)F)CC. The molecule has 2 nitrogen and oxygen atoms in total. The summed E-state index contributed by atoms with van der Waals surface area (Å²) < 4.78 is 28.1. The molecule has 0 fully saturated rings. The lowest BCUT2D eigenvalue weighted by molar-refractivity contribution is -0.138. The number of ether oxygens (including phenoxy) is 1. The van der Waals surface area contributed by atoms with Crippen LogP contribution in [0.3, 0.4) is 0 Å². The van der Waals surface area contributed by atoms with Gasteiger partial charge in [-0.3, -0.25) is 0 Å². The lowest BCUT2D eigenvalue weighted by atomic mass is 10.2. The largest absolute Gasteiger partial charge is 0.463 e. The van der Waals surface area contributed by atoms with Crippen molar-refractivity contribution >= 4 is 5.97 Å². The van der Waals surface area contributed by atoms with Crippen LogP contribution in [0.2, 0.25) is 0 Å². The Morgan fingerprint density at radius 1 is 1.50 bits per heavy atom. The minimum Gasteiger partial charge on any atom is -0.463 e. The molecular formula is C8H12F2O2. The Bertz CT molecular complexity index is 176. The van der Waals surface area contributed by atoms with Gasteiger partial charge in [0.15, 0.2) is 0 Å². The van der Waals surface area contributed by atoms with Crippen molar-refractivity contribution in [2.24, 2.45) is 0 Å². The minimum absolute atomic E-state index is 0.0341. The van der Waals surface area contributed by atoms with Crippen molar-refractivity contribution < 1.29 is 18.3 Å². The molecule has 0 aromatic heterocycles. The first-order chi connectivity index (χ1) is 5.61. The third-order valence-corrected chi connectivity index (χ3v) is 1.25. The van der Waals surface area contributed by atoms with Crippen molar-refractivity contribution in [3.8, 4) is 0 Å². The first-order valence-electron chi connectivity index (χ1n) is 3.77. The molecule has 0 unspecified atom stereocenters. The second kappa shape index (κ2) is 5.69. The molecule has 0 saturated heterocycles. The summed E-state index contributed by atoms with van der Waals surface area (Å²) in [7, 11) is 0. The van der Waals surface area contributed by atoms with Gasteiger partial charge in [0, 0.05) is 5.57 Å². The van der Waals surface area contributed by atoms with E-state index in [1.165, 1.54) is 0 Å². The quantitative estimate of drug-likeness (QED) is 0.487. The molecule has 0 aromatic rings. The molecule has 0 bridgehead atoms. The molecule has 0 radical (unpaired) electrons. The normalized spacial score (nSPS) is 11.9. The van der Waals surface area contributed by atoms with Gasteiger partial charge in [0.05, 0.1) is 6.61 Å². The Morgan fingerprint density at radius 3 is 2.42 bits per heavy atom. The fourth-order valence-corrected chi connectivity index (χ4v) is 0.706. The minimum atomic E-state index is -2.59. The molecule has 0 aliphatic carbocycles. The van der Waals surface area contributed by atoms with Crippen LogP contribution in [0.25, 0.3) is 0 Å². The van der Waals surface area contributed by atoms with E-state index in [0.717, 1.165) is 0 Å². The van der Waals surface area contributed by atoms with Gasteiger partial charge < -0.3 is 4.74 Å². The Hall–Kier alpha value is -0.930. The van der Waals surface area contributed by atoms with Gasteiger partial charge in [0.25, 0.3) is 6.43 Å². The Kier molecular flexibility index (Phi) is 5.25. The fourth-order valence-electron chi connectivity index (χ4n) is 0.706. The molecule has 0 aliphatic heterocycles. The summed E-state index contributed by atoms with van der Waals surface area (Å²) in [5, 5.41) is 0. The molecule has 0 aliphatic rings. The molecule has 0 rings (SSSR count). The van der Waals surface area contributed by atoms with Gasteiger partial charge in [-0.15, -0.1) is 0 Å². The lowest BCUT2D eigenvalue weighted by Crippen LogP contribution is -2.08. The molecule has 0 aromatic carbocycles. The zero-order chi connectivity index (χ0) is 9.56. The van der Waals surface area contributed by atoms with Gasteiger partial charge in [-0.1, -0.05) is 6.92 Å². The van der Waals surface area contributed by atoms with Crippen LogP contribution in [0, 0.1) is 0 Å². The van der Waals surface area contributed by atoms with Crippen LogP contribution >= 0.6 is 0 Å². The van der Waals surface area contributed by atoms with E-state index in [0.29, 0.717) is 6.08 Å².